The molecule has 0 aliphatic rings. The number of hydrogen-bond donors (Lipinski definition) is 1. The van der Waals surface area contributed by atoms with Gasteiger partial charge in [-0.25, -0.2) is 13.8 Å². The van der Waals surface area contributed by atoms with Crippen molar-refractivity contribution in [3.05, 3.63) is 106 Å². The Morgan fingerprint density at radius 1 is 1.02 bits per heavy atom. The number of hydrazone groups is 1. The quantitative estimate of drug-likeness (QED) is 0.190. The average Bonchev–Trinajstić information content (AvgIpc) is 3.20. The van der Waals surface area contributed by atoms with E-state index in [1.54, 1.807) is 36.4 Å². The molecule has 1 aromatic heterocycles. The molecule has 0 unspecified atom stereocenters. The summed E-state index contributed by atoms with van der Waals surface area (Å²) in [5.41, 5.74) is 7.32. The molecule has 0 bridgehead atoms. The highest BCUT2D eigenvalue weighted by Gasteiger charge is 2.27. The molecule has 1 amide bonds. The second-order valence-electron chi connectivity index (χ2n) is 9.19. The lowest BCUT2D eigenvalue weighted by atomic mass is 10.2. The van der Waals surface area contributed by atoms with E-state index in [9.17, 15) is 13.2 Å². The zero-order valence-electron chi connectivity index (χ0n) is 22.8. The maximum atomic E-state index is 13.6. The molecule has 0 aliphatic heterocycles. The van der Waals surface area contributed by atoms with Gasteiger partial charge in [-0.1, -0.05) is 35.4 Å². The molecule has 0 saturated heterocycles. The summed E-state index contributed by atoms with van der Waals surface area (Å²) in [4.78, 5) is 13.0. The van der Waals surface area contributed by atoms with Gasteiger partial charge in [0.15, 0.2) is 0 Å². The van der Waals surface area contributed by atoms with Crippen molar-refractivity contribution in [1.29, 1.82) is 0 Å². The molecule has 1 heterocycles. The van der Waals surface area contributed by atoms with Crippen molar-refractivity contribution in [2.24, 2.45) is 5.10 Å². The Kier molecular flexibility index (Phi) is 8.96. The number of anilines is 1. The van der Waals surface area contributed by atoms with Gasteiger partial charge in [-0.3, -0.25) is 9.10 Å². The van der Waals surface area contributed by atoms with Gasteiger partial charge in [-0.05, 0) is 88.4 Å². The van der Waals surface area contributed by atoms with Crippen molar-refractivity contribution >= 4 is 39.4 Å². The van der Waals surface area contributed by atoms with Crippen LogP contribution < -0.4 is 14.5 Å². The number of amides is 1. The highest BCUT2D eigenvalue weighted by molar-refractivity contribution is 7.92. The molecule has 0 spiro atoms. The van der Waals surface area contributed by atoms with E-state index < -0.39 is 22.5 Å². The number of carbonyl (C=O) groups is 1. The number of carbonyl (C=O) groups excluding carboxylic acids is 1. The number of aromatic nitrogens is 1. The number of nitrogens with one attached hydrogen (secondary N) is 1. The second kappa shape index (κ2) is 12.4. The van der Waals surface area contributed by atoms with E-state index in [-0.39, 0.29) is 4.90 Å². The van der Waals surface area contributed by atoms with Crippen LogP contribution in [0.2, 0.25) is 5.02 Å². The number of nitrogens with zero attached hydrogens (tertiary/aromatic N) is 3. The number of ether oxygens (including phenoxy) is 1. The molecule has 1 N–H and O–H groups in total. The van der Waals surface area contributed by atoms with Crippen molar-refractivity contribution < 1.29 is 17.9 Å². The Balaban J connectivity index is 1.56. The molecule has 40 heavy (non-hydrogen) atoms. The summed E-state index contributed by atoms with van der Waals surface area (Å²) in [6.07, 6.45) is 1.54. The maximum absolute atomic E-state index is 13.6. The smallest absolute Gasteiger partial charge is 0.264 e. The number of aryl methyl sites for hydroxylation is 2. The van der Waals surface area contributed by atoms with Gasteiger partial charge in [0.25, 0.3) is 15.9 Å². The van der Waals surface area contributed by atoms with Crippen LogP contribution >= 0.6 is 11.6 Å². The number of sulfonamides is 1. The molecule has 4 rings (SSSR count). The second-order valence-corrected chi connectivity index (χ2v) is 11.5. The first-order chi connectivity index (χ1) is 19.1. The van der Waals surface area contributed by atoms with E-state index >= 15 is 0 Å². The van der Waals surface area contributed by atoms with Crippen LogP contribution in [0.25, 0.3) is 5.69 Å². The predicted octanol–water partition coefficient (Wildman–Crippen LogP) is 5.80. The number of benzene rings is 3. The third-order valence-electron chi connectivity index (χ3n) is 6.26. The van der Waals surface area contributed by atoms with E-state index in [4.69, 9.17) is 16.3 Å². The van der Waals surface area contributed by atoms with Crippen LogP contribution in [0.3, 0.4) is 0 Å². The molecule has 0 aliphatic carbocycles. The molecule has 208 valence electrons. The SMILES string of the molecule is CCOc1ccc(N(CC(=O)N/N=C\c2cc(C)n(-c3cccc(Cl)c3)c2C)S(=O)(=O)c2ccc(C)cc2)cc1. The van der Waals surface area contributed by atoms with Crippen LogP contribution in [0.15, 0.2) is 88.9 Å². The monoisotopic (exact) mass is 578 g/mol. The summed E-state index contributed by atoms with van der Waals surface area (Å²) in [6.45, 7) is 7.66. The molecule has 0 atom stereocenters. The predicted molar refractivity (Wildman–Crippen MR) is 159 cm³/mol. The Hall–Kier alpha value is -4.08. The van der Waals surface area contributed by atoms with Crippen LogP contribution in [0.4, 0.5) is 5.69 Å². The minimum atomic E-state index is -4.05. The van der Waals surface area contributed by atoms with Crippen molar-refractivity contribution in [3.8, 4) is 11.4 Å². The van der Waals surface area contributed by atoms with Crippen LogP contribution in [0.1, 0.15) is 29.4 Å². The summed E-state index contributed by atoms with van der Waals surface area (Å²) in [7, 11) is -4.05. The van der Waals surface area contributed by atoms with E-state index in [1.807, 2.05) is 62.6 Å². The highest BCUT2D eigenvalue weighted by atomic mass is 35.5. The summed E-state index contributed by atoms with van der Waals surface area (Å²) in [6, 6.07) is 22.5. The molecule has 0 saturated carbocycles. The van der Waals surface area contributed by atoms with E-state index in [0.29, 0.717) is 23.1 Å². The molecule has 4 aromatic rings. The fraction of sp³-hybridized carbons (Fsp3) is 0.200. The standard InChI is InChI=1S/C30H31ClN4O4S/c1-5-39-28-13-11-26(12-14-28)34(40(37,38)29-15-9-21(2)10-16-29)20-30(36)33-32-19-24-17-22(3)35(23(24)4)27-8-6-7-25(31)18-27/h6-19H,5,20H2,1-4H3,(H,33,36)/b32-19-. The Labute approximate surface area is 239 Å². The summed E-state index contributed by atoms with van der Waals surface area (Å²) < 4.78 is 35.8. The van der Waals surface area contributed by atoms with Crippen LogP contribution in [0.5, 0.6) is 5.75 Å². The van der Waals surface area contributed by atoms with Crippen molar-refractivity contribution in [3.63, 3.8) is 0 Å². The fourth-order valence-electron chi connectivity index (χ4n) is 4.30. The molecular formula is C30H31ClN4O4S. The van der Waals surface area contributed by atoms with Gasteiger partial charge in [-0.15, -0.1) is 0 Å². The van der Waals surface area contributed by atoms with Crippen LogP contribution in [-0.4, -0.2) is 38.3 Å². The van der Waals surface area contributed by atoms with Gasteiger partial charge in [0.1, 0.15) is 12.3 Å². The van der Waals surface area contributed by atoms with Gasteiger partial charge in [0.2, 0.25) is 0 Å². The molecular weight excluding hydrogens is 548 g/mol. The van der Waals surface area contributed by atoms with Gasteiger partial charge in [-0.2, -0.15) is 5.10 Å². The molecule has 10 heteroatoms. The maximum Gasteiger partial charge on any atom is 0.264 e. The Bertz CT molecular complexity index is 1630. The third-order valence-corrected chi connectivity index (χ3v) is 8.28. The lowest BCUT2D eigenvalue weighted by molar-refractivity contribution is -0.119. The minimum absolute atomic E-state index is 0.0803. The largest absolute Gasteiger partial charge is 0.494 e. The molecule has 0 radical (unpaired) electrons. The van der Waals surface area contributed by atoms with Gasteiger partial charge >= 0.3 is 0 Å². The van der Waals surface area contributed by atoms with Gasteiger partial charge < -0.3 is 9.30 Å². The van der Waals surface area contributed by atoms with E-state index in [0.717, 1.165) is 32.5 Å². The van der Waals surface area contributed by atoms with Crippen molar-refractivity contribution in [2.75, 3.05) is 17.5 Å². The number of halogens is 1. The lowest BCUT2D eigenvalue weighted by Gasteiger charge is -2.24. The minimum Gasteiger partial charge on any atom is -0.494 e. The zero-order chi connectivity index (χ0) is 28.9. The van der Waals surface area contributed by atoms with Crippen LogP contribution in [-0.2, 0) is 14.8 Å². The molecule has 0 fully saturated rings. The average molecular weight is 579 g/mol. The fourth-order valence-corrected chi connectivity index (χ4v) is 5.90. The number of rotatable bonds is 10. The third kappa shape index (κ3) is 6.55. The van der Waals surface area contributed by atoms with Crippen LogP contribution in [0, 0.1) is 20.8 Å². The number of hydrogen-bond acceptors (Lipinski definition) is 5. The first kappa shape index (κ1) is 28.9. The topological polar surface area (TPSA) is 93.0 Å². The molecule has 8 nitrogen and oxygen atoms in total. The normalized spacial score (nSPS) is 11.5. The first-order valence-corrected chi connectivity index (χ1v) is 14.5. The summed E-state index contributed by atoms with van der Waals surface area (Å²) >= 11 is 6.17. The van der Waals surface area contributed by atoms with Crippen molar-refractivity contribution in [1.82, 2.24) is 9.99 Å². The van der Waals surface area contributed by atoms with E-state index in [1.165, 1.54) is 18.3 Å². The first-order valence-electron chi connectivity index (χ1n) is 12.7. The Morgan fingerprint density at radius 2 is 1.73 bits per heavy atom. The van der Waals surface area contributed by atoms with Gasteiger partial charge in [0.05, 0.1) is 23.4 Å². The Morgan fingerprint density at radius 3 is 2.38 bits per heavy atom. The lowest BCUT2D eigenvalue weighted by Crippen LogP contribution is -2.39. The molecule has 3 aromatic carbocycles. The summed E-state index contributed by atoms with van der Waals surface area (Å²) in [5, 5.41) is 4.74. The highest BCUT2D eigenvalue weighted by Crippen LogP contribution is 2.26. The summed E-state index contributed by atoms with van der Waals surface area (Å²) in [5.74, 6) is 0.00725. The van der Waals surface area contributed by atoms with Crippen molar-refractivity contribution in [2.45, 2.75) is 32.6 Å². The zero-order valence-corrected chi connectivity index (χ0v) is 24.3. The van der Waals surface area contributed by atoms with E-state index in [2.05, 4.69) is 10.5 Å². The van der Waals surface area contributed by atoms with Gasteiger partial charge in [0, 0.05) is 27.7 Å².